The average molecular weight is 303 g/mol. The van der Waals surface area contributed by atoms with Crippen molar-refractivity contribution in [1.29, 1.82) is 0 Å². The summed E-state index contributed by atoms with van der Waals surface area (Å²) in [5, 5.41) is 2.44. The Hall–Kier alpha value is -1.60. The molecule has 2 amide bonds. The maximum absolute atomic E-state index is 11.7. The van der Waals surface area contributed by atoms with Gasteiger partial charge >= 0.3 is 11.8 Å². The molecule has 1 aromatic rings. The Balaban J connectivity index is 2.28. The monoisotopic (exact) mass is 302 g/mol. The van der Waals surface area contributed by atoms with E-state index in [0.717, 1.165) is 0 Å². The highest BCUT2D eigenvalue weighted by atomic mass is 35.7. The van der Waals surface area contributed by atoms with E-state index in [0.29, 0.717) is 24.3 Å². The Morgan fingerprint density at radius 3 is 2.74 bits per heavy atom. The topological polar surface area (TPSA) is 83.6 Å². The second kappa shape index (κ2) is 5.18. The fraction of sp³-hybridized carbons (Fsp3) is 0.273. The SMILES string of the molecule is O=C1NCCN(c2cccc(CS(=O)(=O)Cl)c2)C1=O. The van der Waals surface area contributed by atoms with Crippen molar-refractivity contribution in [2.24, 2.45) is 0 Å². The summed E-state index contributed by atoms with van der Waals surface area (Å²) in [6.45, 7) is 0.713. The van der Waals surface area contributed by atoms with E-state index >= 15 is 0 Å². The van der Waals surface area contributed by atoms with Gasteiger partial charge in [-0.3, -0.25) is 9.59 Å². The first-order valence-corrected chi connectivity index (χ1v) is 7.95. The van der Waals surface area contributed by atoms with Crippen molar-refractivity contribution in [2.45, 2.75) is 5.75 Å². The number of carbonyl (C=O) groups is 2. The number of piperazine rings is 1. The molecule has 1 heterocycles. The van der Waals surface area contributed by atoms with Gasteiger partial charge in [-0.05, 0) is 17.7 Å². The first-order chi connectivity index (χ1) is 8.87. The average Bonchev–Trinajstić information content (AvgIpc) is 2.31. The summed E-state index contributed by atoms with van der Waals surface area (Å²) in [4.78, 5) is 24.3. The van der Waals surface area contributed by atoms with Crippen molar-refractivity contribution in [3.8, 4) is 0 Å². The minimum Gasteiger partial charge on any atom is -0.346 e. The molecule has 19 heavy (non-hydrogen) atoms. The molecule has 0 unspecified atom stereocenters. The molecular weight excluding hydrogens is 292 g/mol. The Morgan fingerprint density at radius 2 is 2.05 bits per heavy atom. The number of carbonyl (C=O) groups excluding carboxylic acids is 2. The maximum Gasteiger partial charge on any atom is 0.316 e. The zero-order valence-corrected chi connectivity index (χ0v) is 11.4. The highest BCUT2D eigenvalue weighted by molar-refractivity contribution is 8.13. The fourth-order valence-corrected chi connectivity index (χ4v) is 2.80. The van der Waals surface area contributed by atoms with E-state index in [1.807, 2.05) is 0 Å². The van der Waals surface area contributed by atoms with Crippen molar-refractivity contribution in [3.05, 3.63) is 29.8 Å². The van der Waals surface area contributed by atoms with Crippen LogP contribution in [0.5, 0.6) is 0 Å². The number of nitrogens with one attached hydrogen (secondary N) is 1. The van der Waals surface area contributed by atoms with Crippen LogP contribution in [0.1, 0.15) is 5.56 Å². The molecule has 0 saturated carbocycles. The van der Waals surface area contributed by atoms with Gasteiger partial charge in [0.2, 0.25) is 9.05 Å². The third kappa shape index (κ3) is 3.45. The van der Waals surface area contributed by atoms with Crippen LogP contribution in [-0.2, 0) is 24.4 Å². The smallest absolute Gasteiger partial charge is 0.316 e. The Kier molecular flexibility index (Phi) is 3.77. The van der Waals surface area contributed by atoms with Crippen LogP contribution < -0.4 is 10.2 Å². The van der Waals surface area contributed by atoms with Crippen molar-refractivity contribution >= 4 is 37.2 Å². The van der Waals surface area contributed by atoms with Gasteiger partial charge in [0.25, 0.3) is 0 Å². The van der Waals surface area contributed by atoms with Gasteiger partial charge in [0, 0.05) is 29.5 Å². The summed E-state index contributed by atoms with van der Waals surface area (Å²) in [7, 11) is 1.53. The minimum absolute atomic E-state index is 0.323. The van der Waals surface area contributed by atoms with Crippen LogP contribution in [0.2, 0.25) is 0 Å². The van der Waals surface area contributed by atoms with Crippen LogP contribution in [0.15, 0.2) is 24.3 Å². The molecule has 0 bridgehead atoms. The van der Waals surface area contributed by atoms with E-state index in [1.54, 1.807) is 18.2 Å². The number of halogens is 1. The van der Waals surface area contributed by atoms with E-state index in [-0.39, 0.29) is 5.75 Å². The first-order valence-electron chi connectivity index (χ1n) is 5.48. The molecule has 6 nitrogen and oxygen atoms in total. The van der Waals surface area contributed by atoms with Crippen LogP contribution in [0, 0.1) is 0 Å². The molecule has 0 aliphatic carbocycles. The lowest BCUT2D eigenvalue weighted by atomic mass is 10.2. The summed E-state index contributed by atoms with van der Waals surface area (Å²) in [5.74, 6) is -1.64. The first kappa shape index (κ1) is 13.8. The third-order valence-corrected chi connectivity index (χ3v) is 3.63. The van der Waals surface area contributed by atoms with E-state index in [9.17, 15) is 18.0 Å². The molecular formula is C11H11ClN2O4S. The van der Waals surface area contributed by atoms with Gasteiger partial charge in [-0.25, -0.2) is 8.42 Å². The lowest BCUT2D eigenvalue weighted by Crippen LogP contribution is -2.52. The van der Waals surface area contributed by atoms with E-state index in [2.05, 4.69) is 5.32 Å². The number of rotatable bonds is 3. The van der Waals surface area contributed by atoms with Gasteiger partial charge in [0.05, 0.1) is 5.75 Å². The fourth-order valence-electron chi connectivity index (χ4n) is 1.84. The molecule has 0 radical (unpaired) electrons. The molecule has 8 heteroatoms. The molecule has 1 N–H and O–H groups in total. The summed E-state index contributed by atoms with van der Waals surface area (Å²) in [6, 6.07) is 6.39. The highest BCUT2D eigenvalue weighted by Crippen LogP contribution is 2.19. The Labute approximate surface area is 114 Å². The Morgan fingerprint density at radius 1 is 1.32 bits per heavy atom. The van der Waals surface area contributed by atoms with Crippen LogP contribution >= 0.6 is 10.7 Å². The molecule has 0 aromatic heterocycles. The molecule has 1 aliphatic rings. The number of nitrogens with zero attached hydrogens (tertiary/aromatic N) is 1. The zero-order valence-electron chi connectivity index (χ0n) is 9.80. The van der Waals surface area contributed by atoms with Gasteiger partial charge in [0.1, 0.15) is 0 Å². The largest absolute Gasteiger partial charge is 0.346 e. The molecule has 1 aliphatic heterocycles. The lowest BCUT2D eigenvalue weighted by molar-refractivity contribution is -0.138. The highest BCUT2D eigenvalue weighted by Gasteiger charge is 2.27. The minimum atomic E-state index is -3.66. The van der Waals surface area contributed by atoms with Crippen molar-refractivity contribution in [3.63, 3.8) is 0 Å². The number of benzene rings is 1. The summed E-state index contributed by atoms with van der Waals surface area (Å²) in [6.07, 6.45) is 0. The molecule has 1 aromatic carbocycles. The quantitative estimate of drug-likeness (QED) is 0.639. The van der Waals surface area contributed by atoms with Crippen LogP contribution in [-0.4, -0.2) is 33.3 Å². The molecule has 1 saturated heterocycles. The normalized spacial score (nSPS) is 16.4. The zero-order chi connectivity index (χ0) is 14.0. The summed E-state index contributed by atoms with van der Waals surface area (Å²) >= 11 is 0. The summed E-state index contributed by atoms with van der Waals surface area (Å²) < 4.78 is 22.1. The number of amides is 2. The number of hydrogen-bond acceptors (Lipinski definition) is 4. The van der Waals surface area contributed by atoms with Crippen molar-refractivity contribution in [1.82, 2.24) is 5.32 Å². The third-order valence-electron chi connectivity index (χ3n) is 2.62. The standard InChI is InChI=1S/C11H11ClN2O4S/c12-19(17,18)7-8-2-1-3-9(6-8)14-5-4-13-10(15)11(14)16/h1-3,6H,4-5,7H2,(H,13,15). The maximum atomic E-state index is 11.7. The van der Waals surface area contributed by atoms with E-state index in [1.165, 1.54) is 11.0 Å². The molecule has 0 atom stereocenters. The molecule has 102 valence electrons. The summed E-state index contributed by atoms with van der Waals surface area (Å²) in [5.41, 5.74) is 0.948. The number of hydrogen-bond donors (Lipinski definition) is 1. The van der Waals surface area contributed by atoms with Gasteiger partial charge < -0.3 is 10.2 Å². The van der Waals surface area contributed by atoms with Crippen LogP contribution in [0.25, 0.3) is 0 Å². The second-order valence-electron chi connectivity index (χ2n) is 4.07. The molecule has 0 spiro atoms. The van der Waals surface area contributed by atoms with Crippen LogP contribution in [0.3, 0.4) is 0 Å². The lowest BCUT2D eigenvalue weighted by Gasteiger charge is -2.26. The van der Waals surface area contributed by atoms with E-state index in [4.69, 9.17) is 10.7 Å². The predicted molar refractivity (Wildman–Crippen MR) is 70.3 cm³/mol. The predicted octanol–water partition coefficient (Wildman–Crippen LogP) is 0.218. The van der Waals surface area contributed by atoms with Gasteiger partial charge in [-0.1, -0.05) is 12.1 Å². The molecule has 2 rings (SSSR count). The van der Waals surface area contributed by atoms with Crippen LogP contribution in [0.4, 0.5) is 5.69 Å². The second-order valence-corrected chi connectivity index (χ2v) is 6.84. The van der Waals surface area contributed by atoms with Gasteiger partial charge in [-0.2, -0.15) is 0 Å². The number of anilines is 1. The van der Waals surface area contributed by atoms with Gasteiger partial charge in [0.15, 0.2) is 0 Å². The van der Waals surface area contributed by atoms with E-state index < -0.39 is 20.9 Å². The van der Waals surface area contributed by atoms with Gasteiger partial charge in [-0.15, -0.1) is 0 Å². The Bertz CT molecular complexity index is 629. The van der Waals surface area contributed by atoms with Crippen molar-refractivity contribution in [2.75, 3.05) is 18.0 Å². The van der Waals surface area contributed by atoms with Crippen molar-refractivity contribution < 1.29 is 18.0 Å². The molecule has 1 fully saturated rings.